The number of benzene rings is 1. The van der Waals surface area contributed by atoms with E-state index in [1.807, 2.05) is 24.3 Å². The molecule has 2 heterocycles. The minimum atomic E-state index is 0. The molecule has 2 unspecified atom stereocenters. The third kappa shape index (κ3) is 7.35. The first-order chi connectivity index (χ1) is 14.5. The van der Waals surface area contributed by atoms with Gasteiger partial charge in [0.05, 0.1) is 18.2 Å². The number of likely N-dealkylation sites (tertiary alicyclic amines) is 1. The third-order valence-electron chi connectivity index (χ3n) is 6.00. The van der Waals surface area contributed by atoms with Gasteiger partial charge in [-0.25, -0.2) is 0 Å². The van der Waals surface area contributed by atoms with E-state index in [1.165, 1.54) is 6.42 Å². The molecule has 8 heteroatoms. The van der Waals surface area contributed by atoms with Crippen LogP contribution in [-0.4, -0.2) is 79.4 Å². The standard InChI is InChI=1S/C23H34N6O.HI/c1-18-12-19(2)16-29(15-18)22(30)17-27-8-10-28(11-9-27)23(25-3)26-14-21-6-4-20(13-24)5-7-21;/h4-7,18-19H,8-12,14-17H2,1-3H3,(H,25,26);1H. The maximum absolute atomic E-state index is 12.7. The molecule has 2 aliphatic heterocycles. The van der Waals surface area contributed by atoms with Crippen LogP contribution in [0.2, 0.25) is 0 Å². The lowest BCUT2D eigenvalue weighted by Gasteiger charge is -2.39. The summed E-state index contributed by atoms with van der Waals surface area (Å²) in [5, 5.41) is 12.3. The van der Waals surface area contributed by atoms with Crippen molar-refractivity contribution >= 4 is 35.8 Å². The van der Waals surface area contributed by atoms with Crippen molar-refractivity contribution in [2.45, 2.75) is 26.8 Å². The number of hydrogen-bond donors (Lipinski definition) is 1. The number of nitriles is 1. The van der Waals surface area contributed by atoms with Gasteiger partial charge >= 0.3 is 0 Å². The number of piperazine rings is 1. The van der Waals surface area contributed by atoms with Gasteiger partial charge in [0, 0.05) is 52.9 Å². The van der Waals surface area contributed by atoms with Gasteiger partial charge in [-0.3, -0.25) is 14.7 Å². The summed E-state index contributed by atoms with van der Waals surface area (Å²) in [6.45, 7) is 10.9. The Morgan fingerprint density at radius 3 is 2.26 bits per heavy atom. The second-order valence-corrected chi connectivity index (χ2v) is 8.72. The van der Waals surface area contributed by atoms with Crippen molar-refractivity contribution in [3.8, 4) is 6.07 Å². The Labute approximate surface area is 203 Å². The molecular formula is C23H35IN6O. The number of halogens is 1. The molecule has 0 aromatic heterocycles. The largest absolute Gasteiger partial charge is 0.352 e. The van der Waals surface area contributed by atoms with Crippen LogP contribution in [0.25, 0.3) is 0 Å². The van der Waals surface area contributed by atoms with E-state index in [1.54, 1.807) is 7.05 Å². The molecule has 1 N–H and O–H groups in total. The number of piperidine rings is 1. The normalized spacial score (nSPS) is 22.5. The number of guanidine groups is 1. The van der Waals surface area contributed by atoms with Gasteiger partial charge < -0.3 is 15.1 Å². The first kappa shape index (κ1) is 25.4. The number of carbonyl (C=O) groups excluding carboxylic acids is 1. The Morgan fingerprint density at radius 2 is 1.71 bits per heavy atom. The Bertz CT molecular complexity index is 772. The van der Waals surface area contributed by atoms with Crippen LogP contribution in [-0.2, 0) is 11.3 Å². The number of aliphatic imine (C=N–C) groups is 1. The molecule has 3 rings (SSSR count). The van der Waals surface area contributed by atoms with Gasteiger partial charge in [-0.05, 0) is 36.0 Å². The lowest BCUT2D eigenvalue weighted by Crippen LogP contribution is -2.55. The van der Waals surface area contributed by atoms with Crippen LogP contribution in [0, 0.1) is 23.2 Å². The van der Waals surface area contributed by atoms with Crippen molar-refractivity contribution in [3.05, 3.63) is 35.4 Å². The van der Waals surface area contributed by atoms with Crippen LogP contribution < -0.4 is 5.32 Å². The SMILES string of the molecule is CN=C(NCc1ccc(C#N)cc1)N1CCN(CC(=O)N2CC(C)CC(C)C2)CC1.I. The Kier molecular flexibility index (Phi) is 10.0. The first-order valence-corrected chi connectivity index (χ1v) is 10.9. The average molecular weight is 538 g/mol. The van der Waals surface area contributed by atoms with E-state index < -0.39 is 0 Å². The molecule has 0 radical (unpaired) electrons. The zero-order valence-electron chi connectivity index (χ0n) is 18.9. The third-order valence-corrected chi connectivity index (χ3v) is 6.00. The molecule has 1 amide bonds. The van der Waals surface area contributed by atoms with Crippen molar-refractivity contribution in [1.29, 1.82) is 5.26 Å². The molecule has 1 aromatic rings. The van der Waals surface area contributed by atoms with Crippen molar-refractivity contribution in [1.82, 2.24) is 20.0 Å². The maximum Gasteiger partial charge on any atom is 0.236 e. The van der Waals surface area contributed by atoms with E-state index in [4.69, 9.17) is 5.26 Å². The Hall–Kier alpha value is -1.86. The second-order valence-electron chi connectivity index (χ2n) is 8.72. The monoisotopic (exact) mass is 538 g/mol. The molecule has 170 valence electrons. The molecule has 2 atom stereocenters. The van der Waals surface area contributed by atoms with Gasteiger partial charge in [0.25, 0.3) is 0 Å². The number of nitrogens with one attached hydrogen (secondary N) is 1. The highest BCUT2D eigenvalue weighted by molar-refractivity contribution is 14.0. The van der Waals surface area contributed by atoms with Gasteiger partial charge in [-0.1, -0.05) is 26.0 Å². The highest BCUT2D eigenvalue weighted by Crippen LogP contribution is 2.21. The summed E-state index contributed by atoms with van der Waals surface area (Å²) in [5.74, 6) is 2.34. The number of carbonyl (C=O) groups is 1. The van der Waals surface area contributed by atoms with Crippen LogP contribution >= 0.6 is 24.0 Å². The van der Waals surface area contributed by atoms with E-state index in [-0.39, 0.29) is 29.9 Å². The van der Waals surface area contributed by atoms with Crippen molar-refractivity contribution < 1.29 is 4.79 Å². The molecule has 1 aromatic carbocycles. The average Bonchev–Trinajstić information content (AvgIpc) is 2.75. The van der Waals surface area contributed by atoms with E-state index >= 15 is 0 Å². The molecule has 0 bridgehead atoms. The Morgan fingerprint density at radius 1 is 1.10 bits per heavy atom. The summed E-state index contributed by atoms with van der Waals surface area (Å²) in [5.41, 5.74) is 1.78. The van der Waals surface area contributed by atoms with Gasteiger partial charge in [0.15, 0.2) is 5.96 Å². The highest BCUT2D eigenvalue weighted by atomic mass is 127. The van der Waals surface area contributed by atoms with Gasteiger partial charge in [0.1, 0.15) is 0 Å². The van der Waals surface area contributed by atoms with Crippen molar-refractivity contribution in [2.24, 2.45) is 16.8 Å². The van der Waals surface area contributed by atoms with Gasteiger partial charge in [-0.15, -0.1) is 24.0 Å². The van der Waals surface area contributed by atoms with Crippen LogP contribution in [0.3, 0.4) is 0 Å². The molecule has 0 aliphatic carbocycles. The molecular weight excluding hydrogens is 503 g/mol. The fourth-order valence-electron chi connectivity index (χ4n) is 4.49. The van der Waals surface area contributed by atoms with E-state index in [2.05, 4.69) is 44.9 Å². The smallest absolute Gasteiger partial charge is 0.236 e. The molecule has 2 fully saturated rings. The lowest BCUT2D eigenvalue weighted by molar-refractivity contribution is -0.135. The van der Waals surface area contributed by atoms with E-state index in [0.29, 0.717) is 30.5 Å². The zero-order valence-corrected chi connectivity index (χ0v) is 21.2. The predicted octanol–water partition coefficient (Wildman–Crippen LogP) is 2.37. The summed E-state index contributed by atoms with van der Waals surface area (Å²) in [7, 11) is 1.80. The fraction of sp³-hybridized carbons (Fsp3) is 0.609. The molecule has 31 heavy (non-hydrogen) atoms. The van der Waals surface area contributed by atoms with Gasteiger partial charge in [0.2, 0.25) is 5.91 Å². The topological polar surface area (TPSA) is 75.0 Å². The quantitative estimate of drug-likeness (QED) is 0.362. The number of rotatable bonds is 4. The van der Waals surface area contributed by atoms with Crippen LogP contribution in [0.4, 0.5) is 0 Å². The van der Waals surface area contributed by atoms with E-state index in [0.717, 1.165) is 50.8 Å². The summed E-state index contributed by atoms with van der Waals surface area (Å²) >= 11 is 0. The lowest BCUT2D eigenvalue weighted by atomic mass is 9.92. The minimum Gasteiger partial charge on any atom is -0.352 e. The number of nitrogens with zero attached hydrogens (tertiary/aromatic N) is 5. The zero-order chi connectivity index (χ0) is 21.5. The van der Waals surface area contributed by atoms with Gasteiger partial charge in [-0.2, -0.15) is 5.26 Å². The Balaban J connectivity index is 0.00000341. The molecule has 7 nitrogen and oxygen atoms in total. The number of amides is 1. The molecule has 0 spiro atoms. The molecule has 2 aliphatic rings. The number of hydrogen-bond acceptors (Lipinski definition) is 4. The summed E-state index contributed by atoms with van der Waals surface area (Å²) < 4.78 is 0. The summed E-state index contributed by atoms with van der Waals surface area (Å²) in [6, 6.07) is 9.73. The van der Waals surface area contributed by atoms with Crippen molar-refractivity contribution in [2.75, 3.05) is 52.9 Å². The summed E-state index contributed by atoms with van der Waals surface area (Å²) in [4.78, 5) is 23.7. The second kappa shape index (κ2) is 12.2. The summed E-state index contributed by atoms with van der Waals surface area (Å²) in [6.07, 6.45) is 1.22. The molecule has 0 saturated carbocycles. The van der Waals surface area contributed by atoms with E-state index in [9.17, 15) is 4.79 Å². The minimum absolute atomic E-state index is 0. The maximum atomic E-state index is 12.7. The molecule has 2 saturated heterocycles. The first-order valence-electron chi connectivity index (χ1n) is 10.9. The van der Waals surface area contributed by atoms with Crippen LogP contribution in [0.5, 0.6) is 0 Å². The van der Waals surface area contributed by atoms with Crippen LogP contribution in [0.15, 0.2) is 29.3 Å². The fourth-order valence-corrected chi connectivity index (χ4v) is 4.49. The van der Waals surface area contributed by atoms with Crippen LogP contribution in [0.1, 0.15) is 31.4 Å². The highest BCUT2D eigenvalue weighted by Gasteiger charge is 2.28. The predicted molar refractivity (Wildman–Crippen MR) is 134 cm³/mol. The van der Waals surface area contributed by atoms with Crippen molar-refractivity contribution in [3.63, 3.8) is 0 Å².